The van der Waals surface area contributed by atoms with E-state index in [1.807, 2.05) is 32.2 Å². The molecule has 164 valence electrons. The maximum atomic E-state index is 12.0. The van der Waals surface area contributed by atoms with Crippen molar-refractivity contribution in [1.82, 2.24) is 9.97 Å². The molecular formula is C25H32N4O2. The van der Waals surface area contributed by atoms with E-state index >= 15 is 0 Å². The Morgan fingerprint density at radius 2 is 1.97 bits per heavy atom. The highest BCUT2D eigenvalue weighted by Crippen LogP contribution is 2.50. The molecule has 2 fully saturated rings. The van der Waals surface area contributed by atoms with Crippen LogP contribution in [0.2, 0.25) is 0 Å². The second-order valence-electron chi connectivity index (χ2n) is 9.70. The van der Waals surface area contributed by atoms with Crippen LogP contribution >= 0.6 is 0 Å². The molecule has 1 amide bonds. The number of nitrogens with zero attached hydrogens (tertiary/aromatic N) is 4. The van der Waals surface area contributed by atoms with Crippen molar-refractivity contribution < 1.29 is 9.90 Å². The lowest BCUT2D eigenvalue weighted by atomic mass is 9.71. The fourth-order valence-electron chi connectivity index (χ4n) is 5.98. The van der Waals surface area contributed by atoms with Crippen molar-refractivity contribution in [1.29, 1.82) is 0 Å². The highest BCUT2D eigenvalue weighted by Gasteiger charge is 2.42. The fourth-order valence-corrected chi connectivity index (χ4v) is 5.98. The van der Waals surface area contributed by atoms with Gasteiger partial charge in [0.05, 0.1) is 24.4 Å². The second kappa shape index (κ2) is 7.59. The zero-order valence-electron chi connectivity index (χ0n) is 18.8. The van der Waals surface area contributed by atoms with Crippen LogP contribution in [-0.2, 0) is 17.8 Å². The van der Waals surface area contributed by atoms with Gasteiger partial charge in [0.15, 0.2) is 5.82 Å². The van der Waals surface area contributed by atoms with Gasteiger partial charge >= 0.3 is 0 Å². The summed E-state index contributed by atoms with van der Waals surface area (Å²) in [5.74, 6) is 1.76. The highest BCUT2D eigenvalue weighted by molar-refractivity contribution is 6.01. The van der Waals surface area contributed by atoms with E-state index in [-0.39, 0.29) is 12.5 Å². The third-order valence-electron chi connectivity index (χ3n) is 8.12. The molecule has 31 heavy (non-hydrogen) atoms. The Morgan fingerprint density at radius 3 is 2.65 bits per heavy atom. The summed E-state index contributed by atoms with van der Waals surface area (Å²) in [4.78, 5) is 25.8. The summed E-state index contributed by atoms with van der Waals surface area (Å²) < 4.78 is 0. The zero-order valence-corrected chi connectivity index (χ0v) is 18.8. The molecule has 2 aromatic rings. The number of piperidine rings is 1. The van der Waals surface area contributed by atoms with E-state index in [0.29, 0.717) is 17.5 Å². The van der Waals surface area contributed by atoms with E-state index < -0.39 is 0 Å². The molecule has 1 atom stereocenters. The number of benzene rings is 1. The van der Waals surface area contributed by atoms with Gasteiger partial charge in [0.2, 0.25) is 5.91 Å². The summed E-state index contributed by atoms with van der Waals surface area (Å²) in [5, 5.41) is 10.1. The van der Waals surface area contributed by atoms with Crippen LogP contribution in [0.5, 0.6) is 0 Å². The number of aliphatic hydroxyl groups excluding tert-OH is 1. The number of hydrogen-bond acceptors (Lipinski definition) is 5. The summed E-state index contributed by atoms with van der Waals surface area (Å²) >= 11 is 0. The van der Waals surface area contributed by atoms with Gasteiger partial charge in [-0.1, -0.05) is 31.9 Å². The van der Waals surface area contributed by atoms with Gasteiger partial charge in [0.25, 0.3) is 0 Å². The number of amides is 1. The highest BCUT2D eigenvalue weighted by atomic mass is 16.3. The number of aromatic nitrogens is 2. The summed E-state index contributed by atoms with van der Waals surface area (Å²) in [7, 11) is 1.81. The molecule has 3 aliphatic rings. The molecule has 2 aliphatic heterocycles. The molecule has 0 unspecified atom stereocenters. The molecule has 5 rings (SSSR count). The van der Waals surface area contributed by atoms with Crippen molar-refractivity contribution >= 4 is 17.4 Å². The second-order valence-corrected chi connectivity index (χ2v) is 9.70. The van der Waals surface area contributed by atoms with Gasteiger partial charge in [-0.3, -0.25) is 4.79 Å². The quantitative estimate of drug-likeness (QED) is 0.816. The predicted molar refractivity (Wildman–Crippen MR) is 122 cm³/mol. The standard InChI is InChI=1S/C25H32N4O2/c1-16-5-4-8-25(16)9-11-29(12-10-25)24-20(15-30)27-23(17(2)26-24)19-7-6-18-14-22(31)28(3)21(18)13-19/h6-7,13,16,30H,4-5,8-12,14-15H2,1-3H3/t16-/m1/s1. The summed E-state index contributed by atoms with van der Waals surface area (Å²) in [6.45, 7) is 6.24. The first-order valence-electron chi connectivity index (χ1n) is 11.5. The number of aryl methyl sites for hydroxylation is 1. The Bertz CT molecular complexity index is 1030. The van der Waals surface area contributed by atoms with Crippen LogP contribution < -0.4 is 9.80 Å². The van der Waals surface area contributed by atoms with Crippen molar-refractivity contribution in [2.24, 2.45) is 11.3 Å². The number of hydrogen-bond donors (Lipinski definition) is 1. The molecule has 1 aromatic carbocycles. The maximum absolute atomic E-state index is 12.0. The molecule has 6 heteroatoms. The third-order valence-corrected chi connectivity index (χ3v) is 8.12. The minimum Gasteiger partial charge on any atom is -0.390 e. The molecular weight excluding hydrogens is 388 g/mol. The van der Waals surface area contributed by atoms with Gasteiger partial charge < -0.3 is 14.9 Å². The summed E-state index contributed by atoms with van der Waals surface area (Å²) in [5.41, 5.74) is 5.70. The van der Waals surface area contributed by atoms with E-state index in [9.17, 15) is 9.90 Å². The molecule has 1 spiro atoms. The first-order chi connectivity index (χ1) is 14.9. The van der Waals surface area contributed by atoms with E-state index in [1.54, 1.807) is 4.90 Å². The van der Waals surface area contributed by atoms with Crippen molar-refractivity contribution in [3.8, 4) is 11.3 Å². The third kappa shape index (κ3) is 3.32. The molecule has 0 bridgehead atoms. The number of carbonyl (C=O) groups is 1. The Morgan fingerprint density at radius 1 is 1.19 bits per heavy atom. The van der Waals surface area contributed by atoms with Gasteiger partial charge in [-0.25, -0.2) is 9.97 Å². The summed E-state index contributed by atoms with van der Waals surface area (Å²) in [6.07, 6.45) is 6.93. The molecule has 6 nitrogen and oxygen atoms in total. The number of likely N-dealkylation sites (N-methyl/N-ethyl adjacent to an activating group) is 1. The number of fused-ring (bicyclic) bond motifs is 1. The van der Waals surface area contributed by atoms with Gasteiger partial charge in [-0.15, -0.1) is 0 Å². The number of aliphatic hydroxyl groups is 1. The molecule has 1 aromatic heterocycles. The van der Waals surface area contributed by atoms with E-state index in [0.717, 1.165) is 53.0 Å². The van der Waals surface area contributed by atoms with Crippen molar-refractivity contribution in [2.45, 2.75) is 59.0 Å². The van der Waals surface area contributed by atoms with Crippen LogP contribution in [0.25, 0.3) is 11.3 Å². The minimum absolute atomic E-state index is 0.112. The zero-order chi connectivity index (χ0) is 21.8. The van der Waals surface area contributed by atoms with Gasteiger partial charge in [-0.05, 0) is 49.1 Å². The summed E-state index contributed by atoms with van der Waals surface area (Å²) in [6, 6.07) is 6.03. The SMILES string of the molecule is Cc1nc(N2CCC3(CCC[C@H]3C)CC2)c(CO)nc1-c1ccc2c(c1)N(C)C(=O)C2. The Kier molecular flexibility index (Phi) is 5.00. The lowest BCUT2D eigenvalue weighted by Gasteiger charge is -2.43. The molecule has 0 radical (unpaired) electrons. The maximum Gasteiger partial charge on any atom is 0.231 e. The lowest BCUT2D eigenvalue weighted by molar-refractivity contribution is -0.117. The monoisotopic (exact) mass is 420 g/mol. The number of anilines is 2. The predicted octanol–water partition coefficient (Wildman–Crippen LogP) is 3.87. The largest absolute Gasteiger partial charge is 0.390 e. The van der Waals surface area contributed by atoms with Crippen LogP contribution in [0, 0.1) is 18.3 Å². The van der Waals surface area contributed by atoms with Gasteiger partial charge in [0, 0.05) is 31.4 Å². The Labute approximate surface area is 184 Å². The molecule has 3 heterocycles. The topological polar surface area (TPSA) is 69.6 Å². The average Bonchev–Trinajstić information content (AvgIpc) is 3.27. The van der Waals surface area contributed by atoms with Crippen molar-refractivity contribution in [3.05, 3.63) is 35.2 Å². The van der Waals surface area contributed by atoms with Crippen molar-refractivity contribution in [2.75, 3.05) is 29.9 Å². The minimum atomic E-state index is -0.128. The Hall–Kier alpha value is -2.47. The first-order valence-corrected chi connectivity index (χ1v) is 11.5. The van der Waals surface area contributed by atoms with E-state index in [4.69, 9.17) is 9.97 Å². The van der Waals surface area contributed by atoms with Gasteiger partial charge in [-0.2, -0.15) is 0 Å². The molecule has 1 N–H and O–H groups in total. The van der Waals surface area contributed by atoms with E-state index in [1.165, 1.54) is 32.1 Å². The van der Waals surface area contributed by atoms with Crippen molar-refractivity contribution in [3.63, 3.8) is 0 Å². The average molecular weight is 421 g/mol. The fraction of sp³-hybridized carbons (Fsp3) is 0.560. The normalized spacial score (nSPS) is 22.5. The molecule has 1 saturated carbocycles. The van der Waals surface area contributed by atoms with Crippen LogP contribution in [-0.4, -0.2) is 41.1 Å². The molecule has 1 saturated heterocycles. The van der Waals surface area contributed by atoms with Gasteiger partial charge in [0.1, 0.15) is 5.69 Å². The number of rotatable bonds is 3. The van der Waals surface area contributed by atoms with Crippen LogP contribution in [0.1, 0.15) is 56.0 Å². The Balaban J connectivity index is 1.44. The lowest BCUT2D eigenvalue weighted by Crippen LogP contribution is -2.42. The van der Waals surface area contributed by atoms with Crippen LogP contribution in [0.4, 0.5) is 11.5 Å². The number of carbonyl (C=O) groups excluding carboxylic acids is 1. The molecule has 1 aliphatic carbocycles. The van der Waals surface area contributed by atoms with Crippen LogP contribution in [0.3, 0.4) is 0 Å². The smallest absolute Gasteiger partial charge is 0.231 e. The first kappa shape index (κ1) is 20.4. The van der Waals surface area contributed by atoms with E-state index in [2.05, 4.69) is 11.8 Å². The van der Waals surface area contributed by atoms with Crippen LogP contribution in [0.15, 0.2) is 18.2 Å².